The molecule has 10 rings (SSSR count). The van der Waals surface area contributed by atoms with Gasteiger partial charge in [-0.3, -0.25) is 19.6 Å². The Balaban J connectivity index is 0.000000166. The molecular weight excluding hydrogens is 829 g/mol. The van der Waals surface area contributed by atoms with E-state index in [0.717, 1.165) is 56.1 Å². The highest BCUT2D eigenvalue weighted by molar-refractivity contribution is 6.05. The van der Waals surface area contributed by atoms with Crippen molar-refractivity contribution in [2.24, 2.45) is 0 Å². The molecule has 0 fully saturated rings. The molecule has 66 heavy (non-hydrogen) atoms. The van der Waals surface area contributed by atoms with Gasteiger partial charge >= 0.3 is 0 Å². The zero-order valence-corrected chi connectivity index (χ0v) is 36.4. The first-order valence-electron chi connectivity index (χ1n) is 20.9. The Kier molecular flexibility index (Phi) is 12.0. The Morgan fingerprint density at radius 3 is 1.29 bits per heavy atom. The van der Waals surface area contributed by atoms with Crippen molar-refractivity contribution in [3.05, 3.63) is 205 Å². The molecule has 10 aromatic rings. The van der Waals surface area contributed by atoms with Gasteiger partial charge in [-0.2, -0.15) is 0 Å². The summed E-state index contributed by atoms with van der Waals surface area (Å²) < 4.78 is 15.8. The van der Waals surface area contributed by atoms with Gasteiger partial charge in [-0.05, 0) is 123 Å². The van der Waals surface area contributed by atoms with E-state index in [9.17, 15) is 9.59 Å². The van der Waals surface area contributed by atoms with Crippen LogP contribution in [-0.4, -0.2) is 50.5 Å². The van der Waals surface area contributed by atoms with Crippen LogP contribution in [0.15, 0.2) is 171 Å². The number of aryl methyl sites for hydroxylation is 4. The summed E-state index contributed by atoms with van der Waals surface area (Å²) in [5.74, 6) is 1.23. The van der Waals surface area contributed by atoms with Crippen molar-refractivity contribution in [3.63, 3.8) is 0 Å². The predicted octanol–water partition coefficient (Wildman–Crippen LogP) is 10.9. The predicted molar refractivity (Wildman–Crippen MR) is 253 cm³/mol. The molecule has 0 radical (unpaired) electrons. The van der Waals surface area contributed by atoms with Gasteiger partial charge in [0.1, 0.15) is 22.8 Å². The van der Waals surface area contributed by atoms with Crippen LogP contribution in [0.4, 0.5) is 11.4 Å². The van der Waals surface area contributed by atoms with Crippen molar-refractivity contribution in [1.29, 1.82) is 0 Å². The van der Waals surface area contributed by atoms with Crippen LogP contribution in [-0.2, 0) is 0 Å². The van der Waals surface area contributed by atoms with Gasteiger partial charge in [-0.1, -0.05) is 36.4 Å². The zero-order chi connectivity index (χ0) is 45.6. The number of carbonyl (C=O) groups excluding carboxylic acids is 2. The summed E-state index contributed by atoms with van der Waals surface area (Å²) >= 11 is 0. The molecule has 324 valence electrons. The van der Waals surface area contributed by atoms with E-state index in [2.05, 4.69) is 30.6 Å². The van der Waals surface area contributed by atoms with E-state index in [1.54, 1.807) is 73.6 Å². The second kappa shape index (κ2) is 18.7. The van der Waals surface area contributed by atoms with Crippen molar-refractivity contribution in [2.75, 3.05) is 10.6 Å². The number of nitrogens with one attached hydrogen (secondary N) is 2. The minimum Gasteiger partial charge on any atom is -0.455 e. The number of nitrogens with zero attached hydrogens (tertiary/aromatic N) is 8. The maximum absolute atomic E-state index is 13.0. The number of hydrogen-bond acceptors (Lipinski definition) is 10. The molecule has 8 heterocycles. The topological polar surface area (TPSA) is 163 Å². The van der Waals surface area contributed by atoms with E-state index in [4.69, 9.17) is 19.4 Å². The van der Waals surface area contributed by atoms with Gasteiger partial charge in [-0.25, -0.2) is 19.9 Å². The van der Waals surface area contributed by atoms with E-state index in [1.807, 2.05) is 134 Å². The fourth-order valence-corrected chi connectivity index (χ4v) is 7.06. The molecule has 0 saturated carbocycles. The molecule has 2 amide bonds. The second-order valence-electron chi connectivity index (χ2n) is 15.4. The van der Waals surface area contributed by atoms with Gasteiger partial charge in [0.05, 0.1) is 11.4 Å². The summed E-state index contributed by atoms with van der Waals surface area (Å²) in [7, 11) is 0. The van der Waals surface area contributed by atoms with E-state index in [-0.39, 0.29) is 23.2 Å². The molecule has 0 unspecified atom stereocenters. The normalized spacial score (nSPS) is 10.8. The lowest BCUT2D eigenvalue weighted by Gasteiger charge is -2.11. The largest absolute Gasteiger partial charge is 0.455 e. The number of ether oxygens (including phenoxy) is 2. The first-order valence-corrected chi connectivity index (χ1v) is 20.9. The number of anilines is 2. The number of hydrogen-bond donors (Lipinski definition) is 2. The van der Waals surface area contributed by atoms with Crippen LogP contribution in [0.1, 0.15) is 43.2 Å². The van der Waals surface area contributed by atoms with Crippen LogP contribution in [0.5, 0.6) is 23.0 Å². The van der Waals surface area contributed by atoms with Crippen molar-refractivity contribution in [3.8, 4) is 45.5 Å². The van der Waals surface area contributed by atoms with Gasteiger partial charge < -0.3 is 28.9 Å². The number of benzene rings is 2. The molecule has 0 saturated heterocycles. The van der Waals surface area contributed by atoms with Crippen LogP contribution < -0.4 is 20.1 Å². The molecule has 14 heteroatoms. The highest BCUT2D eigenvalue weighted by atomic mass is 16.5. The third kappa shape index (κ3) is 9.62. The maximum atomic E-state index is 13.0. The van der Waals surface area contributed by atoms with Crippen LogP contribution >= 0.6 is 0 Å². The lowest BCUT2D eigenvalue weighted by molar-refractivity contribution is 0.101. The number of rotatable bonds is 10. The summed E-state index contributed by atoms with van der Waals surface area (Å²) in [5.41, 5.74) is 11.3. The van der Waals surface area contributed by atoms with E-state index in [0.29, 0.717) is 34.4 Å². The summed E-state index contributed by atoms with van der Waals surface area (Å²) in [6.07, 6.45) is 17.7. The number of aromatic nitrogens is 8. The standard InChI is InChI=1S/2C26H21N5O2/c2*1-17-14-23(33-21-9-11-27-12-10-21)24(28-15-17)26(32)29-20-7-5-19(6-8-20)22-16-31-13-3-4-18(2)25(31)30-22/h2*3-16H,1-2H3,(H,29,32). The smallest absolute Gasteiger partial charge is 0.278 e. The molecule has 2 aromatic carbocycles. The van der Waals surface area contributed by atoms with Crippen LogP contribution in [0.2, 0.25) is 0 Å². The Hall–Kier alpha value is -9.04. The minimum atomic E-state index is -0.352. The Morgan fingerprint density at radius 2 is 0.909 bits per heavy atom. The maximum Gasteiger partial charge on any atom is 0.278 e. The van der Waals surface area contributed by atoms with Gasteiger partial charge in [0, 0.05) is 84.5 Å². The summed E-state index contributed by atoms with van der Waals surface area (Å²) in [4.78, 5) is 52.0. The number of pyridine rings is 6. The zero-order valence-electron chi connectivity index (χ0n) is 36.4. The fraction of sp³-hybridized carbons (Fsp3) is 0.0769. The molecule has 2 N–H and O–H groups in total. The third-order valence-corrected chi connectivity index (χ3v) is 10.4. The fourth-order valence-electron chi connectivity index (χ4n) is 7.06. The Bertz CT molecular complexity index is 3110. The monoisotopic (exact) mass is 870 g/mol. The Labute approximate surface area is 379 Å². The van der Waals surface area contributed by atoms with Crippen molar-refractivity contribution in [1.82, 2.24) is 38.7 Å². The Morgan fingerprint density at radius 1 is 0.515 bits per heavy atom. The quantitative estimate of drug-likeness (QED) is 0.135. The molecule has 0 spiro atoms. The van der Waals surface area contributed by atoms with E-state index in [1.165, 1.54) is 0 Å². The first-order chi connectivity index (χ1) is 32.1. The van der Waals surface area contributed by atoms with Crippen molar-refractivity contribution >= 4 is 34.5 Å². The highest BCUT2D eigenvalue weighted by Crippen LogP contribution is 2.29. The summed E-state index contributed by atoms with van der Waals surface area (Å²) in [6.45, 7) is 7.87. The average molecular weight is 871 g/mol. The lowest BCUT2D eigenvalue weighted by atomic mass is 10.1. The highest BCUT2D eigenvalue weighted by Gasteiger charge is 2.18. The average Bonchev–Trinajstić information content (AvgIpc) is 3.98. The summed E-state index contributed by atoms with van der Waals surface area (Å²) in [5, 5.41) is 5.80. The van der Waals surface area contributed by atoms with Gasteiger partial charge in [0.15, 0.2) is 22.9 Å². The number of imidazole rings is 2. The second-order valence-corrected chi connectivity index (χ2v) is 15.4. The third-order valence-electron chi connectivity index (χ3n) is 10.4. The molecule has 8 aromatic heterocycles. The molecule has 0 atom stereocenters. The lowest BCUT2D eigenvalue weighted by Crippen LogP contribution is -2.15. The van der Waals surface area contributed by atoms with E-state index < -0.39 is 0 Å². The van der Waals surface area contributed by atoms with Crippen LogP contribution in [0.25, 0.3) is 33.8 Å². The minimum absolute atomic E-state index is 0.206. The van der Waals surface area contributed by atoms with Crippen molar-refractivity contribution < 1.29 is 19.1 Å². The molecule has 0 aliphatic heterocycles. The first kappa shape index (κ1) is 42.3. The summed E-state index contributed by atoms with van der Waals surface area (Å²) in [6, 6.07) is 33.7. The molecular formula is C52H42N10O4. The van der Waals surface area contributed by atoms with Gasteiger partial charge in [0.2, 0.25) is 0 Å². The molecule has 0 bridgehead atoms. The van der Waals surface area contributed by atoms with Crippen molar-refractivity contribution in [2.45, 2.75) is 27.7 Å². The van der Waals surface area contributed by atoms with Crippen LogP contribution in [0.3, 0.4) is 0 Å². The SMILES string of the molecule is Cc1cnc(C(=O)Nc2ccc(-c3cn4cccc(C)c4n3)cc2)c(Oc2ccncc2)c1.Cc1cnc(C(=O)Nc2ccc(-c3cn4cccc(C)c4n3)cc2)c(Oc2ccncc2)c1. The van der Waals surface area contributed by atoms with Gasteiger partial charge in [-0.15, -0.1) is 0 Å². The molecule has 0 aliphatic carbocycles. The van der Waals surface area contributed by atoms with Gasteiger partial charge in [0.25, 0.3) is 11.8 Å². The molecule has 14 nitrogen and oxygen atoms in total. The molecule has 0 aliphatic rings. The number of carbonyl (C=O) groups is 2. The van der Waals surface area contributed by atoms with E-state index >= 15 is 0 Å². The number of amides is 2. The number of fused-ring (bicyclic) bond motifs is 2. The van der Waals surface area contributed by atoms with Crippen LogP contribution in [0, 0.1) is 27.7 Å².